The van der Waals surface area contributed by atoms with E-state index in [4.69, 9.17) is 0 Å². The highest BCUT2D eigenvalue weighted by atomic mass is 32.1. The molecule has 6 heteroatoms. The van der Waals surface area contributed by atoms with Crippen LogP contribution in [-0.2, 0) is 0 Å². The fourth-order valence-corrected chi connectivity index (χ4v) is 2.60. The van der Waals surface area contributed by atoms with E-state index in [1.807, 2.05) is 48.7 Å². The van der Waals surface area contributed by atoms with Gasteiger partial charge in [-0.05, 0) is 22.9 Å². The molecule has 4 nitrogen and oxygen atoms in total. The van der Waals surface area contributed by atoms with Crippen LogP contribution in [0.1, 0.15) is 9.75 Å². The van der Waals surface area contributed by atoms with Crippen LogP contribution in [0.15, 0.2) is 45.2 Å². The van der Waals surface area contributed by atoms with Crippen molar-refractivity contribution in [2.24, 2.45) is 10.2 Å². The SMILES string of the molecule is CN(CCN(C)/N=C\c1cccs1)/N=C\c1cccs1. The molecule has 0 N–H and O–H groups in total. The van der Waals surface area contributed by atoms with Gasteiger partial charge in [-0.25, -0.2) is 0 Å². The average molecular weight is 306 g/mol. The summed E-state index contributed by atoms with van der Waals surface area (Å²) in [7, 11) is 3.95. The molecule has 0 atom stereocenters. The Kier molecular flexibility index (Phi) is 5.76. The summed E-state index contributed by atoms with van der Waals surface area (Å²) in [5.74, 6) is 0. The first-order valence-corrected chi connectivity index (χ1v) is 8.07. The molecule has 2 aromatic rings. The molecule has 0 aromatic carbocycles. The minimum absolute atomic E-state index is 0.833. The molecule has 0 spiro atoms. The molecule has 2 heterocycles. The van der Waals surface area contributed by atoms with Crippen LogP contribution in [0.5, 0.6) is 0 Å². The van der Waals surface area contributed by atoms with Crippen LogP contribution in [0.25, 0.3) is 0 Å². The van der Waals surface area contributed by atoms with Gasteiger partial charge in [0.25, 0.3) is 0 Å². The number of hydrogen-bond acceptors (Lipinski definition) is 6. The Bertz CT molecular complexity index is 481. The largest absolute Gasteiger partial charge is 0.298 e. The number of hydrogen-bond donors (Lipinski definition) is 0. The second-order valence-electron chi connectivity index (χ2n) is 4.28. The molecule has 0 amide bonds. The molecule has 0 aliphatic rings. The summed E-state index contributed by atoms with van der Waals surface area (Å²) in [6.07, 6.45) is 3.78. The van der Waals surface area contributed by atoms with E-state index in [0.29, 0.717) is 0 Å². The van der Waals surface area contributed by atoms with E-state index in [1.165, 1.54) is 9.75 Å². The average Bonchev–Trinajstić information content (AvgIpc) is 3.13. The van der Waals surface area contributed by atoms with Gasteiger partial charge in [-0.2, -0.15) is 10.2 Å². The van der Waals surface area contributed by atoms with E-state index in [2.05, 4.69) is 33.1 Å². The Morgan fingerprint density at radius 3 is 1.70 bits per heavy atom. The van der Waals surface area contributed by atoms with Crippen molar-refractivity contribution >= 4 is 35.1 Å². The number of likely N-dealkylation sites (N-methyl/N-ethyl adjacent to an activating group) is 2. The summed E-state index contributed by atoms with van der Waals surface area (Å²) in [5, 5.41) is 16.7. The fraction of sp³-hybridized carbons (Fsp3) is 0.286. The van der Waals surface area contributed by atoms with Crippen molar-refractivity contribution in [1.29, 1.82) is 0 Å². The highest BCUT2D eigenvalue weighted by Crippen LogP contribution is 2.06. The summed E-state index contributed by atoms with van der Waals surface area (Å²) in [6.45, 7) is 1.67. The quantitative estimate of drug-likeness (QED) is 0.581. The third kappa shape index (κ3) is 5.14. The Hall–Kier alpha value is -1.66. The summed E-state index contributed by atoms with van der Waals surface area (Å²) < 4.78 is 0. The zero-order valence-corrected chi connectivity index (χ0v) is 13.3. The van der Waals surface area contributed by atoms with Gasteiger partial charge in [-0.1, -0.05) is 12.1 Å². The van der Waals surface area contributed by atoms with Crippen LogP contribution in [0, 0.1) is 0 Å². The number of thiophene rings is 2. The first kappa shape index (κ1) is 14.7. The van der Waals surface area contributed by atoms with Gasteiger partial charge in [0.2, 0.25) is 0 Å². The van der Waals surface area contributed by atoms with Gasteiger partial charge >= 0.3 is 0 Å². The molecule has 106 valence electrons. The fourth-order valence-electron chi connectivity index (χ4n) is 1.45. The van der Waals surface area contributed by atoms with Crippen LogP contribution in [0.4, 0.5) is 0 Å². The van der Waals surface area contributed by atoms with Crippen molar-refractivity contribution in [1.82, 2.24) is 10.0 Å². The standard InChI is InChI=1S/C14H18N4S2/c1-17(15-11-13-5-3-9-19-13)7-8-18(2)16-12-14-6-4-10-20-14/h3-6,9-12H,7-8H2,1-2H3/b15-11-,16-12-. The Balaban J connectivity index is 1.71. The van der Waals surface area contributed by atoms with Crippen LogP contribution >= 0.6 is 22.7 Å². The van der Waals surface area contributed by atoms with Gasteiger partial charge in [0.1, 0.15) is 0 Å². The highest BCUT2D eigenvalue weighted by molar-refractivity contribution is 7.12. The zero-order valence-electron chi connectivity index (χ0n) is 11.6. The lowest BCUT2D eigenvalue weighted by atomic mass is 10.5. The van der Waals surface area contributed by atoms with E-state index < -0.39 is 0 Å². The molecule has 0 bridgehead atoms. The van der Waals surface area contributed by atoms with Gasteiger partial charge in [-0.15, -0.1) is 22.7 Å². The lowest BCUT2D eigenvalue weighted by molar-refractivity contribution is 0.272. The molecule has 0 saturated carbocycles. The third-order valence-corrected chi connectivity index (χ3v) is 4.21. The molecule has 0 unspecified atom stereocenters. The van der Waals surface area contributed by atoms with Crippen molar-refractivity contribution in [3.63, 3.8) is 0 Å². The predicted molar refractivity (Wildman–Crippen MR) is 89.1 cm³/mol. The van der Waals surface area contributed by atoms with E-state index in [1.54, 1.807) is 22.7 Å². The minimum Gasteiger partial charge on any atom is -0.298 e. The summed E-state index contributed by atoms with van der Waals surface area (Å²) in [4.78, 5) is 2.34. The maximum absolute atomic E-state index is 4.39. The van der Waals surface area contributed by atoms with Gasteiger partial charge in [0.05, 0.1) is 25.5 Å². The summed E-state index contributed by atoms with van der Waals surface area (Å²) >= 11 is 3.37. The van der Waals surface area contributed by atoms with E-state index in [-0.39, 0.29) is 0 Å². The minimum atomic E-state index is 0.833. The maximum atomic E-state index is 4.39. The zero-order chi connectivity index (χ0) is 14.2. The molecule has 0 radical (unpaired) electrons. The van der Waals surface area contributed by atoms with E-state index in [9.17, 15) is 0 Å². The van der Waals surface area contributed by atoms with Crippen LogP contribution in [0.3, 0.4) is 0 Å². The van der Waals surface area contributed by atoms with Gasteiger partial charge in [0, 0.05) is 23.8 Å². The van der Waals surface area contributed by atoms with Crippen molar-refractivity contribution in [3.8, 4) is 0 Å². The molecule has 2 rings (SSSR count). The number of nitrogens with zero attached hydrogens (tertiary/aromatic N) is 4. The van der Waals surface area contributed by atoms with E-state index in [0.717, 1.165) is 13.1 Å². The molecule has 0 aliphatic heterocycles. The monoisotopic (exact) mass is 306 g/mol. The lowest BCUT2D eigenvalue weighted by Crippen LogP contribution is -2.25. The first-order chi connectivity index (χ1) is 9.74. The molecule has 2 aromatic heterocycles. The summed E-state index contributed by atoms with van der Waals surface area (Å²) in [5.41, 5.74) is 0. The van der Waals surface area contributed by atoms with Crippen molar-refractivity contribution in [2.45, 2.75) is 0 Å². The maximum Gasteiger partial charge on any atom is 0.0642 e. The van der Waals surface area contributed by atoms with Crippen molar-refractivity contribution in [3.05, 3.63) is 44.8 Å². The smallest absolute Gasteiger partial charge is 0.0642 e. The van der Waals surface area contributed by atoms with Crippen LogP contribution in [-0.4, -0.2) is 49.6 Å². The lowest BCUT2D eigenvalue weighted by Gasteiger charge is -2.17. The summed E-state index contributed by atoms with van der Waals surface area (Å²) in [6, 6.07) is 8.16. The molecule has 0 saturated heterocycles. The molecule has 0 aliphatic carbocycles. The van der Waals surface area contributed by atoms with Crippen LogP contribution in [0.2, 0.25) is 0 Å². The second-order valence-corrected chi connectivity index (χ2v) is 6.24. The predicted octanol–water partition coefficient (Wildman–Crippen LogP) is 3.04. The topological polar surface area (TPSA) is 31.2 Å². The molecule has 20 heavy (non-hydrogen) atoms. The second kappa shape index (κ2) is 7.81. The molecular formula is C14H18N4S2. The molecule has 0 fully saturated rings. The Morgan fingerprint density at radius 1 is 0.900 bits per heavy atom. The van der Waals surface area contributed by atoms with Gasteiger partial charge in [0.15, 0.2) is 0 Å². The van der Waals surface area contributed by atoms with Gasteiger partial charge < -0.3 is 0 Å². The number of rotatable bonds is 7. The van der Waals surface area contributed by atoms with Crippen molar-refractivity contribution in [2.75, 3.05) is 27.2 Å². The molecular weight excluding hydrogens is 288 g/mol. The third-order valence-electron chi connectivity index (χ3n) is 2.60. The van der Waals surface area contributed by atoms with Gasteiger partial charge in [-0.3, -0.25) is 10.0 Å². The number of hydrazone groups is 2. The highest BCUT2D eigenvalue weighted by Gasteiger charge is 1.97. The van der Waals surface area contributed by atoms with Crippen molar-refractivity contribution < 1.29 is 0 Å². The van der Waals surface area contributed by atoms with Crippen LogP contribution < -0.4 is 0 Å². The Labute approximate surface area is 127 Å². The Morgan fingerprint density at radius 2 is 1.35 bits per heavy atom. The van der Waals surface area contributed by atoms with E-state index >= 15 is 0 Å². The normalized spacial score (nSPS) is 11.5. The first-order valence-electron chi connectivity index (χ1n) is 6.31.